The summed E-state index contributed by atoms with van der Waals surface area (Å²) in [4.78, 5) is 11.1. The zero-order chi connectivity index (χ0) is 12.6. The average molecular weight is 224 g/mol. The van der Waals surface area contributed by atoms with Gasteiger partial charge in [0, 0.05) is 0 Å². The van der Waals surface area contributed by atoms with Gasteiger partial charge in [-0.25, -0.2) is 0 Å². The fourth-order valence-electron chi connectivity index (χ4n) is 1.11. The van der Waals surface area contributed by atoms with Crippen molar-refractivity contribution in [1.82, 2.24) is 0 Å². The number of hydrogen-bond acceptors (Lipinski definition) is 2. The number of carbonyl (C=O) groups is 1. The molecule has 0 saturated heterocycles. The van der Waals surface area contributed by atoms with Crippen molar-refractivity contribution in [3.63, 3.8) is 0 Å². The SMILES string of the molecule is CC(C)=CCCC(C)/C=C/OC(=O)C(C)C. The van der Waals surface area contributed by atoms with Crippen molar-refractivity contribution >= 4 is 5.97 Å². The van der Waals surface area contributed by atoms with Gasteiger partial charge in [0.1, 0.15) is 0 Å². The van der Waals surface area contributed by atoms with Gasteiger partial charge in [0.2, 0.25) is 0 Å². The summed E-state index contributed by atoms with van der Waals surface area (Å²) in [6.45, 7) is 9.98. The second kappa shape index (κ2) is 8.14. The highest BCUT2D eigenvalue weighted by Crippen LogP contribution is 2.09. The summed E-state index contributed by atoms with van der Waals surface area (Å²) in [5.74, 6) is 0.203. The zero-order valence-corrected chi connectivity index (χ0v) is 11.1. The Bertz CT molecular complexity index is 258. The Morgan fingerprint density at radius 2 is 1.88 bits per heavy atom. The van der Waals surface area contributed by atoms with E-state index in [1.807, 2.05) is 19.9 Å². The maximum absolute atomic E-state index is 11.1. The fourth-order valence-corrected chi connectivity index (χ4v) is 1.11. The van der Waals surface area contributed by atoms with Gasteiger partial charge in [-0.15, -0.1) is 0 Å². The van der Waals surface area contributed by atoms with Gasteiger partial charge in [-0.1, -0.05) is 32.4 Å². The Balaban J connectivity index is 3.78. The first kappa shape index (κ1) is 14.9. The van der Waals surface area contributed by atoms with Crippen LogP contribution in [0.5, 0.6) is 0 Å². The number of rotatable bonds is 6. The summed E-state index contributed by atoms with van der Waals surface area (Å²) >= 11 is 0. The molecule has 2 heteroatoms. The molecule has 1 unspecified atom stereocenters. The molecule has 0 amide bonds. The number of hydrogen-bond donors (Lipinski definition) is 0. The first-order valence-electron chi connectivity index (χ1n) is 5.94. The van der Waals surface area contributed by atoms with Crippen LogP contribution in [0.4, 0.5) is 0 Å². The minimum Gasteiger partial charge on any atom is -0.435 e. The van der Waals surface area contributed by atoms with Crippen LogP contribution in [0.3, 0.4) is 0 Å². The van der Waals surface area contributed by atoms with E-state index < -0.39 is 0 Å². The maximum Gasteiger partial charge on any atom is 0.313 e. The molecular formula is C14H24O2. The van der Waals surface area contributed by atoms with Crippen molar-refractivity contribution in [2.75, 3.05) is 0 Å². The quantitative estimate of drug-likeness (QED) is 0.386. The predicted molar refractivity (Wildman–Crippen MR) is 67.9 cm³/mol. The van der Waals surface area contributed by atoms with E-state index in [0.717, 1.165) is 12.8 Å². The molecule has 0 fully saturated rings. The van der Waals surface area contributed by atoms with Crippen molar-refractivity contribution in [2.45, 2.75) is 47.5 Å². The molecule has 0 heterocycles. The Labute approximate surface area is 99.4 Å². The maximum atomic E-state index is 11.1. The van der Waals surface area contributed by atoms with Gasteiger partial charge in [-0.3, -0.25) is 4.79 Å². The molecule has 0 aliphatic carbocycles. The van der Waals surface area contributed by atoms with E-state index in [9.17, 15) is 4.79 Å². The van der Waals surface area contributed by atoms with Gasteiger partial charge < -0.3 is 4.74 Å². The summed E-state index contributed by atoms with van der Waals surface area (Å²) in [5.41, 5.74) is 1.35. The van der Waals surface area contributed by atoms with E-state index in [0.29, 0.717) is 5.92 Å². The summed E-state index contributed by atoms with van der Waals surface area (Å²) in [7, 11) is 0. The van der Waals surface area contributed by atoms with Crippen LogP contribution in [0.1, 0.15) is 47.5 Å². The second-order valence-electron chi connectivity index (χ2n) is 4.76. The van der Waals surface area contributed by atoms with Crippen LogP contribution in [0.15, 0.2) is 24.0 Å². The Morgan fingerprint density at radius 1 is 1.25 bits per heavy atom. The topological polar surface area (TPSA) is 26.3 Å². The van der Waals surface area contributed by atoms with Crippen LogP contribution >= 0.6 is 0 Å². The molecular weight excluding hydrogens is 200 g/mol. The van der Waals surface area contributed by atoms with Crippen LogP contribution in [-0.4, -0.2) is 5.97 Å². The molecule has 92 valence electrons. The highest BCUT2D eigenvalue weighted by Gasteiger charge is 2.05. The van der Waals surface area contributed by atoms with E-state index in [4.69, 9.17) is 4.74 Å². The van der Waals surface area contributed by atoms with Crippen molar-refractivity contribution in [2.24, 2.45) is 11.8 Å². The van der Waals surface area contributed by atoms with Crippen LogP contribution in [0.2, 0.25) is 0 Å². The van der Waals surface area contributed by atoms with E-state index in [-0.39, 0.29) is 11.9 Å². The molecule has 0 spiro atoms. The molecule has 0 aliphatic heterocycles. The van der Waals surface area contributed by atoms with Crippen LogP contribution in [-0.2, 0) is 9.53 Å². The van der Waals surface area contributed by atoms with Gasteiger partial charge >= 0.3 is 5.97 Å². The zero-order valence-electron chi connectivity index (χ0n) is 11.1. The third-order valence-electron chi connectivity index (χ3n) is 2.24. The third kappa shape index (κ3) is 8.27. The van der Waals surface area contributed by atoms with Crippen LogP contribution < -0.4 is 0 Å². The minimum absolute atomic E-state index is 0.0642. The van der Waals surface area contributed by atoms with Crippen molar-refractivity contribution < 1.29 is 9.53 Å². The van der Waals surface area contributed by atoms with Crippen molar-refractivity contribution in [1.29, 1.82) is 0 Å². The molecule has 0 aliphatic rings. The summed E-state index contributed by atoms with van der Waals surface area (Å²) in [5, 5.41) is 0. The first-order chi connectivity index (χ1) is 7.43. The van der Waals surface area contributed by atoms with Crippen molar-refractivity contribution in [3.05, 3.63) is 24.0 Å². The molecule has 0 saturated carbocycles. The highest BCUT2D eigenvalue weighted by atomic mass is 16.5. The van der Waals surface area contributed by atoms with Gasteiger partial charge in [-0.2, -0.15) is 0 Å². The van der Waals surface area contributed by atoms with Crippen LogP contribution in [0.25, 0.3) is 0 Å². The molecule has 0 bridgehead atoms. The Hall–Kier alpha value is -1.05. The monoisotopic (exact) mass is 224 g/mol. The van der Waals surface area contributed by atoms with E-state index in [1.165, 1.54) is 11.8 Å². The molecule has 1 atom stereocenters. The van der Waals surface area contributed by atoms with Gasteiger partial charge in [0.25, 0.3) is 0 Å². The van der Waals surface area contributed by atoms with E-state index >= 15 is 0 Å². The number of allylic oxidation sites excluding steroid dienone is 3. The first-order valence-corrected chi connectivity index (χ1v) is 5.94. The van der Waals surface area contributed by atoms with Crippen molar-refractivity contribution in [3.8, 4) is 0 Å². The molecule has 0 aromatic rings. The molecule has 0 radical (unpaired) electrons. The summed E-state index contributed by atoms with van der Waals surface area (Å²) < 4.78 is 4.97. The van der Waals surface area contributed by atoms with E-state index in [2.05, 4.69) is 26.8 Å². The lowest BCUT2D eigenvalue weighted by Gasteiger charge is -2.05. The fraction of sp³-hybridized carbons (Fsp3) is 0.643. The number of esters is 1. The molecule has 0 rings (SSSR count). The Kier molecular flexibility index (Phi) is 7.61. The molecule has 0 aromatic carbocycles. The lowest BCUT2D eigenvalue weighted by molar-refractivity contribution is -0.141. The molecule has 16 heavy (non-hydrogen) atoms. The lowest BCUT2D eigenvalue weighted by atomic mass is 10.1. The highest BCUT2D eigenvalue weighted by molar-refractivity contribution is 5.72. The van der Waals surface area contributed by atoms with E-state index in [1.54, 1.807) is 0 Å². The Morgan fingerprint density at radius 3 is 2.38 bits per heavy atom. The van der Waals surface area contributed by atoms with Gasteiger partial charge in [0.05, 0.1) is 12.2 Å². The lowest BCUT2D eigenvalue weighted by Crippen LogP contribution is -2.07. The third-order valence-corrected chi connectivity index (χ3v) is 2.24. The summed E-state index contributed by atoms with van der Waals surface area (Å²) in [6, 6.07) is 0. The predicted octanol–water partition coefficient (Wildman–Crippen LogP) is 4.08. The summed E-state index contributed by atoms with van der Waals surface area (Å²) in [6.07, 6.45) is 7.85. The van der Waals surface area contributed by atoms with Gasteiger partial charge in [-0.05, 0) is 38.7 Å². The smallest absolute Gasteiger partial charge is 0.313 e. The number of ether oxygens (including phenoxy) is 1. The molecule has 0 N–H and O–H groups in total. The van der Waals surface area contributed by atoms with Gasteiger partial charge in [0.15, 0.2) is 0 Å². The number of carbonyl (C=O) groups excluding carboxylic acids is 1. The standard InChI is InChI=1S/C14H24O2/c1-11(2)7-6-8-13(5)9-10-16-14(15)12(3)4/h7,9-10,12-13H,6,8H2,1-5H3/b10-9+. The van der Waals surface area contributed by atoms with Crippen LogP contribution in [0, 0.1) is 11.8 Å². The largest absolute Gasteiger partial charge is 0.435 e. The average Bonchev–Trinajstić information content (AvgIpc) is 2.16. The normalized spacial score (nSPS) is 12.9. The minimum atomic E-state index is -0.173. The molecule has 0 aromatic heterocycles. The second-order valence-corrected chi connectivity index (χ2v) is 4.76. The molecule has 2 nitrogen and oxygen atoms in total.